The molecule has 0 spiro atoms. The summed E-state index contributed by atoms with van der Waals surface area (Å²) >= 11 is 0. The number of carbonyl (C=O) groups is 1. The molecule has 3 aromatic rings. The number of aromatic carboxylic acids is 1. The number of ether oxygens (including phenoxy) is 1. The van der Waals surface area contributed by atoms with Crippen LogP contribution in [0, 0.1) is 11.7 Å². The van der Waals surface area contributed by atoms with E-state index >= 15 is 0 Å². The van der Waals surface area contributed by atoms with Gasteiger partial charge in [-0.2, -0.15) is 5.10 Å². The summed E-state index contributed by atoms with van der Waals surface area (Å²) in [7, 11) is 1.53. The molecule has 0 aliphatic carbocycles. The molecule has 3 rings (SSSR count). The van der Waals surface area contributed by atoms with Gasteiger partial charge in [-0.15, -0.1) is 0 Å². The van der Waals surface area contributed by atoms with E-state index < -0.39 is 5.97 Å². The lowest BCUT2D eigenvalue weighted by atomic mass is 10.1. The van der Waals surface area contributed by atoms with E-state index in [1.54, 1.807) is 24.3 Å². The molecular weight excluding hydrogens is 347 g/mol. The molecule has 0 unspecified atom stereocenters. The number of carboxylic acids is 1. The largest absolute Gasteiger partial charge is 0.496 e. The second-order valence-corrected chi connectivity index (χ2v) is 6.72. The standard InChI is InChI=1S/C21H21FN2O3/c1-13(2)12-24-19(14-4-7-16(22)8-5-14)11-18(23-24)17-10-15(21(25)26)6-9-20(17)27-3/h4-11,13H,12H2,1-3H3,(H,25,26). The highest BCUT2D eigenvalue weighted by Crippen LogP contribution is 2.33. The molecule has 2 aromatic carbocycles. The van der Waals surface area contributed by atoms with Crippen molar-refractivity contribution in [1.29, 1.82) is 0 Å². The Balaban J connectivity index is 2.16. The summed E-state index contributed by atoms with van der Waals surface area (Å²) in [4.78, 5) is 11.4. The summed E-state index contributed by atoms with van der Waals surface area (Å²) in [6.07, 6.45) is 0. The van der Waals surface area contributed by atoms with Gasteiger partial charge < -0.3 is 9.84 Å². The second-order valence-electron chi connectivity index (χ2n) is 6.72. The summed E-state index contributed by atoms with van der Waals surface area (Å²) in [5.74, 6) is -0.423. The third-order valence-electron chi connectivity index (χ3n) is 4.18. The van der Waals surface area contributed by atoms with E-state index in [-0.39, 0.29) is 11.4 Å². The van der Waals surface area contributed by atoms with Crippen LogP contribution >= 0.6 is 0 Å². The van der Waals surface area contributed by atoms with Gasteiger partial charge in [0.1, 0.15) is 11.6 Å². The molecule has 0 aliphatic rings. The summed E-state index contributed by atoms with van der Waals surface area (Å²) in [6.45, 7) is 4.84. The zero-order valence-electron chi connectivity index (χ0n) is 15.4. The van der Waals surface area contributed by atoms with E-state index in [0.717, 1.165) is 11.3 Å². The lowest BCUT2D eigenvalue weighted by Crippen LogP contribution is -2.08. The highest BCUT2D eigenvalue weighted by Gasteiger charge is 2.17. The van der Waals surface area contributed by atoms with Crippen LogP contribution in [0.5, 0.6) is 5.75 Å². The molecule has 0 fully saturated rings. The Morgan fingerprint density at radius 2 is 1.89 bits per heavy atom. The Bertz CT molecular complexity index is 962. The summed E-state index contributed by atoms with van der Waals surface area (Å²) in [6, 6.07) is 12.8. The van der Waals surface area contributed by atoms with E-state index in [1.165, 1.54) is 25.3 Å². The van der Waals surface area contributed by atoms with Crippen molar-refractivity contribution in [2.24, 2.45) is 5.92 Å². The summed E-state index contributed by atoms with van der Waals surface area (Å²) in [5.41, 5.74) is 3.04. The molecule has 0 radical (unpaired) electrons. The SMILES string of the molecule is COc1ccc(C(=O)O)cc1-c1cc(-c2ccc(F)cc2)n(CC(C)C)n1. The fourth-order valence-electron chi connectivity index (χ4n) is 2.93. The van der Waals surface area contributed by atoms with Crippen molar-refractivity contribution in [1.82, 2.24) is 9.78 Å². The van der Waals surface area contributed by atoms with Crippen LogP contribution in [0.25, 0.3) is 22.5 Å². The fourth-order valence-corrected chi connectivity index (χ4v) is 2.93. The quantitative estimate of drug-likeness (QED) is 0.684. The number of hydrogen-bond donors (Lipinski definition) is 1. The van der Waals surface area contributed by atoms with E-state index in [0.29, 0.717) is 29.5 Å². The van der Waals surface area contributed by atoms with Crippen LogP contribution in [0.3, 0.4) is 0 Å². The van der Waals surface area contributed by atoms with Gasteiger partial charge in [-0.1, -0.05) is 13.8 Å². The van der Waals surface area contributed by atoms with Crippen LogP contribution in [-0.4, -0.2) is 28.0 Å². The second kappa shape index (κ2) is 7.61. The first-order chi connectivity index (χ1) is 12.9. The summed E-state index contributed by atoms with van der Waals surface area (Å²) in [5, 5.41) is 14.0. The first-order valence-electron chi connectivity index (χ1n) is 8.64. The van der Waals surface area contributed by atoms with E-state index in [4.69, 9.17) is 4.74 Å². The van der Waals surface area contributed by atoms with E-state index in [2.05, 4.69) is 18.9 Å². The van der Waals surface area contributed by atoms with Gasteiger partial charge in [0.05, 0.1) is 24.1 Å². The molecule has 0 atom stereocenters. The van der Waals surface area contributed by atoms with Crippen LogP contribution in [-0.2, 0) is 6.54 Å². The maximum atomic E-state index is 13.3. The van der Waals surface area contributed by atoms with Gasteiger partial charge in [0.15, 0.2) is 0 Å². The van der Waals surface area contributed by atoms with E-state index in [9.17, 15) is 14.3 Å². The molecule has 140 valence electrons. The minimum atomic E-state index is -1.01. The Hall–Kier alpha value is -3.15. The molecule has 6 heteroatoms. The maximum absolute atomic E-state index is 13.3. The average Bonchev–Trinajstić information content (AvgIpc) is 3.04. The topological polar surface area (TPSA) is 64.3 Å². The first kappa shape index (κ1) is 18.6. The highest BCUT2D eigenvalue weighted by atomic mass is 19.1. The number of hydrogen-bond acceptors (Lipinski definition) is 3. The Morgan fingerprint density at radius 3 is 2.48 bits per heavy atom. The number of benzene rings is 2. The molecule has 0 aliphatic heterocycles. The average molecular weight is 368 g/mol. The minimum absolute atomic E-state index is 0.160. The zero-order valence-corrected chi connectivity index (χ0v) is 15.4. The molecule has 1 aromatic heterocycles. The molecule has 5 nitrogen and oxygen atoms in total. The fraction of sp³-hybridized carbons (Fsp3) is 0.238. The predicted octanol–water partition coefficient (Wildman–Crippen LogP) is 4.72. The number of rotatable bonds is 6. The zero-order chi connectivity index (χ0) is 19.6. The van der Waals surface area contributed by atoms with Crippen molar-refractivity contribution in [3.8, 4) is 28.3 Å². The Labute approximate surface area is 157 Å². The number of halogens is 1. The molecule has 1 N–H and O–H groups in total. The van der Waals surface area contributed by atoms with Crippen molar-refractivity contribution in [2.45, 2.75) is 20.4 Å². The predicted molar refractivity (Wildman–Crippen MR) is 101 cm³/mol. The molecule has 0 amide bonds. The first-order valence-corrected chi connectivity index (χ1v) is 8.64. The molecule has 0 bridgehead atoms. The summed E-state index contributed by atoms with van der Waals surface area (Å²) < 4.78 is 20.6. The third kappa shape index (κ3) is 4.00. The highest BCUT2D eigenvalue weighted by molar-refractivity contribution is 5.90. The molecular formula is C21H21FN2O3. The van der Waals surface area contributed by atoms with Crippen molar-refractivity contribution in [2.75, 3.05) is 7.11 Å². The number of aromatic nitrogens is 2. The monoisotopic (exact) mass is 368 g/mol. The van der Waals surface area contributed by atoms with Crippen LogP contribution in [0.1, 0.15) is 24.2 Å². The van der Waals surface area contributed by atoms with Gasteiger partial charge in [-0.25, -0.2) is 9.18 Å². The third-order valence-corrected chi connectivity index (χ3v) is 4.18. The normalized spacial score (nSPS) is 11.0. The van der Waals surface area contributed by atoms with Gasteiger partial charge in [0.25, 0.3) is 0 Å². The van der Waals surface area contributed by atoms with E-state index in [1.807, 2.05) is 10.7 Å². The molecule has 0 saturated carbocycles. The van der Waals surface area contributed by atoms with Gasteiger partial charge in [0, 0.05) is 17.7 Å². The lowest BCUT2D eigenvalue weighted by Gasteiger charge is -2.10. The van der Waals surface area contributed by atoms with Crippen LogP contribution in [0.4, 0.5) is 4.39 Å². The number of methoxy groups -OCH3 is 1. The van der Waals surface area contributed by atoms with Crippen LogP contribution in [0.15, 0.2) is 48.5 Å². The van der Waals surface area contributed by atoms with Gasteiger partial charge in [0.2, 0.25) is 0 Å². The molecule has 1 heterocycles. The Kier molecular flexibility index (Phi) is 5.26. The smallest absolute Gasteiger partial charge is 0.335 e. The van der Waals surface area contributed by atoms with Gasteiger partial charge in [-0.05, 0) is 54.4 Å². The minimum Gasteiger partial charge on any atom is -0.496 e. The number of nitrogens with zero attached hydrogens (tertiary/aromatic N) is 2. The lowest BCUT2D eigenvalue weighted by molar-refractivity contribution is 0.0697. The molecule has 0 saturated heterocycles. The van der Waals surface area contributed by atoms with Crippen molar-refractivity contribution in [3.05, 3.63) is 59.9 Å². The van der Waals surface area contributed by atoms with Gasteiger partial charge >= 0.3 is 5.97 Å². The molecule has 27 heavy (non-hydrogen) atoms. The van der Waals surface area contributed by atoms with Gasteiger partial charge in [-0.3, -0.25) is 4.68 Å². The van der Waals surface area contributed by atoms with Crippen LogP contribution in [0.2, 0.25) is 0 Å². The van der Waals surface area contributed by atoms with Crippen LogP contribution < -0.4 is 4.74 Å². The van der Waals surface area contributed by atoms with Crippen molar-refractivity contribution < 1.29 is 19.0 Å². The van der Waals surface area contributed by atoms with Crippen molar-refractivity contribution in [3.63, 3.8) is 0 Å². The van der Waals surface area contributed by atoms with Crippen molar-refractivity contribution >= 4 is 5.97 Å². The maximum Gasteiger partial charge on any atom is 0.335 e. The number of carboxylic acid groups (broad SMARTS) is 1. The Morgan fingerprint density at radius 1 is 1.19 bits per heavy atom.